The molecule has 2 aliphatic carbocycles. The van der Waals surface area contributed by atoms with E-state index in [1.54, 1.807) is 0 Å². The average Bonchev–Trinajstić information content (AvgIpc) is 1.62. The van der Waals surface area contributed by atoms with Gasteiger partial charge < -0.3 is 30.6 Å². The number of ketones is 2. The van der Waals surface area contributed by atoms with Crippen LogP contribution in [-0.4, -0.2) is 199 Å². The Bertz CT molecular complexity index is 4160. The molecule has 2 saturated heterocycles. The largest absolute Gasteiger partial charge is 0.416 e. The first-order valence-corrected chi connectivity index (χ1v) is 30.0. The quantitative estimate of drug-likeness (QED) is 0.0885. The molecule has 8 aromatic rings. The van der Waals surface area contributed by atoms with Gasteiger partial charge in [-0.15, -0.1) is 20.4 Å². The number of carbonyl (C=O) groups is 6. The molecule has 6 aromatic heterocycles. The van der Waals surface area contributed by atoms with Gasteiger partial charge in [-0.2, -0.15) is 26.3 Å². The molecule has 8 heterocycles. The first kappa shape index (κ1) is 67.5. The molecule has 12 rings (SSSR count). The lowest BCUT2D eigenvalue weighted by Gasteiger charge is -2.25. The monoisotopic (exact) mass is 1380 g/mol. The zero-order valence-electron chi connectivity index (χ0n) is 49.5. The van der Waals surface area contributed by atoms with E-state index >= 15 is 0 Å². The van der Waals surface area contributed by atoms with E-state index < -0.39 is 110 Å². The third-order valence-electron chi connectivity index (χ3n) is 15.5. The summed E-state index contributed by atoms with van der Waals surface area (Å²) in [7, 11) is 0. The Hall–Kier alpha value is -9.94. The van der Waals surface area contributed by atoms with Gasteiger partial charge in [0.2, 0.25) is 11.6 Å². The van der Waals surface area contributed by atoms with Crippen molar-refractivity contribution in [3.05, 3.63) is 151 Å². The molecule has 6 atom stereocenters. The van der Waals surface area contributed by atoms with E-state index in [4.69, 9.17) is 23.2 Å². The van der Waals surface area contributed by atoms with Crippen LogP contribution in [0.5, 0.6) is 0 Å². The Morgan fingerprint density at radius 3 is 1.26 bits per heavy atom. The molecule has 0 spiro atoms. The van der Waals surface area contributed by atoms with Crippen LogP contribution in [0.1, 0.15) is 92.1 Å². The van der Waals surface area contributed by atoms with Gasteiger partial charge in [-0.05, 0) is 73.5 Å². The van der Waals surface area contributed by atoms with Gasteiger partial charge in [-0.3, -0.25) is 47.9 Å². The van der Waals surface area contributed by atoms with Crippen molar-refractivity contribution >= 4 is 58.4 Å². The van der Waals surface area contributed by atoms with Crippen molar-refractivity contribution in [3.8, 4) is 34.2 Å². The van der Waals surface area contributed by atoms with E-state index in [0.29, 0.717) is 32.0 Å². The highest BCUT2D eigenvalue weighted by molar-refractivity contribution is 6.31. The van der Waals surface area contributed by atoms with Crippen molar-refractivity contribution in [1.29, 1.82) is 0 Å². The highest BCUT2D eigenvalue weighted by Crippen LogP contribution is 2.30. The van der Waals surface area contributed by atoms with Gasteiger partial charge in [-0.25, -0.2) is 47.1 Å². The molecule has 504 valence electrons. The predicted octanol–water partition coefficient (Wildman–Crippen LogP) is 3.92. The maximum Gasteiger partial charge on any atom is 0.416 e. The van der Waals surface area contributed by atoms with Crippen LogP contribution in [0.3, 0.4) is 0 Å². The standard InChI is InChI=1S/2C29H26ClF4N9O5/c2*30-16-5-3-15(4-6-16)24-39-42(28(48)41(24)13-22(45)29(32,33)34)14-23-37-25(27(47)40-9-1-2-17(44)12-40)43(38-23)21-11-35-8-7-18(21)26(46)36-20-10-19(20)31/h2*3-8,11,19-20,22,45H,1-2,9-10,12-14H2,(H,36,46)/t19-,20+,22+;19-,20+,22-/m10/s1. The summed E-state index contributed by atoms with van der Waals surface area (Å²) in [6, 6.07) is 12.8. The van der Waals surface area contributed by atoms with Crippen molar-refractivity contribution in [1.82, 2.24) is 88.6 Å². The molecule has 0 bridgehead atoms. The first-order valence-electron chi connectivity index (χ1n) is 29.3. The molecule has 96 heavy (non-hydrogen) atoms. The summed E-state index contributed by atoms with van der Waals surface area (Å²) in [5.41, 5.74) is -1.79. The Labute approximate surface area is 544 Å². The molecular weight excluding hydrogens is 1330 g/mol. The number of pyridine rings is 2. The SMILES string of the molecule is O=C1CCCN(C(=O)c2nc(Cn3nc(-c4ccc(Cl)cc4)n(C[C@H](O)C(F)(F)F)c3=O)nn2-c2cnccc2C(=O)N[C@@H]2C[C@@H]2F)C1.O=C1CCCN(C(=O)c2nc(Cn3nc(-c4ccc(Cl)cc4)n(C[C@H](O)C(F)(F)F)c3=O)nn2-c2cnccc2C(=O)N[C@H]2C[C@H]2F)C1. The second-order valence-electron chi connectivity index (χ2n) is 22.6. The number of hydrogen-bond acceptors (Lipinski definition) is 18. The van der Waals surface area contributed by atoms with E-state index in [1.807, 2.05) is 0 Å². The third kappa shape index (κ3) is 15.1. The summed E-state index contributed by atoms with van der Waals surface area (Å²) in [6.07, 6.45) is -11.5. The Balaban J connectivity index is 0.000000195. The highest BCUT2D eigenvalue weighted by atomic mass is 35.5. The van der Waals surface area contributed by atoms with Gasteiger partial charge in [0.1, 0.15) is 25.4 Å². The lowest BCUT2D eigenvalue weighted by Crippen LogP contribution is -2.41. The molecule has 2 aromatic carbocycles. The number of piperidine rings is 2. The summed E-state index contributed by atoms with van der Waals surface area (Å²) in [5, 5.41) is 42.4. The van der Waals surface area contributed by atoms with Gasteiger partial charge in [0.25, 0.3) is 23.6 Å². The molecule has 4 aliphatic rings. The second-order valence-corrected chi connectivity index (χ2v) is 23.5. The van der Waals surface area contributed by atoms with Crippen LogP contribution in [0, 0.1) is 0 Å². The number of halogens is 10. The van der Waals surface area contributed by atoms with E-state index in [2.05, 4.69) is 51.0 Å². The molecule has 4 fully saturated rings. The molecule has 0 unspecified atom stereocenters. The van der Waals surface area contributed by atoms with Gasteiger partial charge in [0.05, 0.1) is 73.2 Å². The van der Waals surface area contributed by atoms with Crippen molar-refractivity contribution < 1.29 is 74.1 Å². The fourth-order valence-corrected chi connectivity index (χ4v) is 10.5. The molecule has 28 nitrogen and oxygen atoms in total. The van der Waals surface area contributed by atoms with Crippen LogP contribution >= 0.6 is 23.2 Å². The number of benzene rings is 2. The van der Waals surface area contributed by atoms with Crippen LogP contribution in [0.2, 0.25) is 10.0 Å². The van der Waals surface area contributed by atoms with E-state index in [-0.39, 0.29) is 132 Å². The van der Waals surface area contributed by atoms with Gasteiger partial charge in [-0.1, -0.05) is 23.2 Å². The second kappa shape index (κ2) is 27.4. The topological polar surface area (TPSA) is 340 Å². The minimum atomic E-state index is -5.04. The molecule has 2 saturated carbocycles. The summed E-state index contributed by atoms with van der Waals surface area (Å²) < 4.78 is 112. The highest BCUT2D eigenvalue weighted by Gasteiger charge is 2.43. The first-order chi connectivity index (χ1) is 45.6. The summed E-state index contributed by atoms with van der Waals surface area (Å²) in [6.45, 7) is -3.42. The lowest BCUT2D eigenvalue weighted by molar-refractivity contribution is -0.207. The zero-order valence-corrected chi connectivity index (χ0v) is 51.1. The molecular formula is C58H52Cl2F8N18O10. The third-order valence-corrected chi connectivity index (χ3v) is 16.0. The van der Waals surface area contributed by atoms with Crippen LogP contribution in [0.15, 0.2) is 95.0 Å². The molecule has 0 radical (unpaired) electrons. The zero-order chi connectivity index (χ0) is 68.7. The van der Waals surface area contributed by atoms with Crippen molar-refractivity contribution in [3.63, 3.8) is 0 Å². The van der Waals surface area contributed by atoms with Gasteiger partial charge >= 0.3 is 23.7 Å². The van der Waals surface area contributed by atoms with E-state index in [9.17, 15) is 83.7 Å². The van der Waals surface area contributed by atoms with Crippen molar-refractivity contribution in [2.45, 2.75) is 114 Å². The number of rotatable bonds is 18. The minimum absolute atomic E-state index is 0.0236. The van der Waals surface area contributed by atoms with E-state index in [0.717, 1.165) is 18.7 Å². The lowest BCUT2D eigenvalue weighted by atomic mass is 10.1. The fourth-order valence-electron chi connectivity index (χ4n) is 10.2. The number of likely N-dealkylation sites (tertiary alicyclic amines) is 2. The van der Waals surface area contributed by atoms with Gasteiger partial charge in [0.15, 0.2) is 47.1 Å². The van der Waals surface area contributed by atoms with Crippen LogP contribution in [-0.2, 0) is 35.8 Å². The Morgan fingerprint density at radius 2 is 0.927 bits per heavy atom. The number of nitrogens with zero attached hydrogens (tertiary/aromatic N) is 16. The number of aliphatic hydroxyl groups is 2. The summed E-state index contributed by atoms with van der Waals surface area (Å²) in [5.74, 6) is -4.74. The van der Waals surface area contributed by atoms with Crippen molar-refractivity contribution in [2.75, 3.05) is 26.2 Å². The minimum Gasteiger partial charge on any atom is -0.382 e. The number of hydrogen-bond donors (Lipinski definition) is 4. The average molecular weight is 1380 g/mol. The van der Waals surface area contributed by atoms with E-state index in [1.165, 1.54) is 95.3 Å². The number of Topliss-reactive ketones (excluding diaryl/α,β-unsaturated/α-hetero) is 2. The molecule has 4 N–H and O–H groups in total. The fraction of sp³-hybridized carbons (Fsp3) is 0.379. The molecule has 4 amide bonds. The number of nitrogens with one attached hydrogen (secondary N) is 2. The van der Waals surface area contributed by atoms with Crippen molar-refractivity contribution in [2.24, 2.45) is 0 Å². The number of carbonyl (C=O) groups excluding carboxylic acids is 6. The van der Waals surface area contributed by atoms with Crippen LogP contribution < -0.4 is 22.0 Å². The summed E-state index contributed by atoms with van der Waals surface area (Å²) >= 11 is 11.9. The number of aromatic nitrogens is 14. The Morgan fingerprint density at radius 1 is 0.562 bits per heavy atom. The number of alkyl halides is 8. The maximum absolute atomic E-state index is 13.7. The smallest absolute Gasteiger partial charge is 0.382 e. The van der Waals surface area contributed by atoms with Crippen LogP contribution in [0.4, 0.5) is 35.1 Å². The summed E-state index contributed by atoms with van der Waals surface area (Å²) in [4.78, 5) is 124. The van der Waals surface area contributed by atoms with Gasteiger partial charge in [0, 0.05) is 72.3 Å². The molecule has 38 heteroatoms. The normalized spacial score (nSPS) is 18.5. The number of aliphatic hydroxyl groups excluding tert-OH is 2. The maximum atomic E-state index is 13.7. The Kier molecular flexibility index (Phi) is 19.3. The molecule has 2 aliphatic heterocycles. The number of amides is 4. The predicted molar refractivity (Wildman–Crippen MR) is 316 cm³/mol. The van der Waals surface area contributed by atoms with Crippen LogP contribution in [0.25, 0.3) is 34.2 Å².